The largest absolute Gasteiger partial charge is 0.481 e. The summed E-state index contributed by atoms with van der Waals surface area (Å²) in [7, 11) is 0. The second-order valence-corrected chi connectivity index (χ2v) is 6.49. The van der Waals surface area contributed by atoms with Gasteiger partial charge in [0.2, 0.25) is 0 Å². The van der Waals surface area contributed by atoms with Gasteiger partial charge in [-0.2, -0.15) is 0 Å². The molecule has 3 heterocycles. The van der Waals surface area contributed by atoms with E-state index in [0.717, 1.165) is 38.9 Å². The molecule has 6 atom stereocenters. The minimum atomic E-state index is -0.671. The van der Waals surface area contributed by atoms with Gasteiger partial charge in [0.1, 0.15) is 5.79 Å². The van der Waals surface area contributed by atoms with Crippen LogP contribution in [0.3, 0.4) is 0 Å². The molecule has 5 heteroatoms. The summed E-state index contributed by atoms with van der Waals surface area (Å²) in [6.07, 6.45) is 3.60. The first-order valence-corrected chi connectivity index (χ1v) is 8.10. The van der Waals surface area contributed by atoms with Gasteiger partial charge < -0.3 is 5.11 Å². The summed E-state index contributed by atoms with van der Waals surface area (Å²) in [6.45, 7) is 9.79. The highest BCUT2D eigenvalue weighted by Crippen LogP contribution is 2.50. The number of hydrogen-bond acceptors (Lipinski definition) is 4. The zero-order valence-corrected chi connectivity index (χ0v) is 12.9. The Morgan fingerprint density at radius 1 is 0.950 bits per heavy atom. The lowest BCUT2D eigenvalue weighted by atomic mass is 10.2. The zero-order chi connectivity index (χ0) is 14.5. The molecule has 0 aromatic carbocycles. The van der Waals surface area contributed by atoms with Gasteiger partial charge in [-0.1, -0.05) is 20.8 Å². The Balaban J connectivity index is 1.86. The molecule has 0 saturated carbocycles. The highest BCUT2D eigenvalue weighted by molar-refractivity contribution is 5.68. The monoisotopic (exact) mass is 281 g/mol. The highest BCUT2D eigenvalue weighted by atomic mass is 16.4. The van der Waals surface area contributed by atoms with Crippen LogP contribution in [0.1, 0.15) is 46.5 Å². The van der Waals surface area contributed by atoms with E-state index < -0.39 is 5.97 Å². The highest BCUT2D eigenvalue weighted by Gasteiger charge is 2.66. The summed E-state index contributed by atoms with van der Waals surface area (Å²) < 4.78 is 0. The molecule has 3 saturated heterocycles. The fourth-order valence-corrected chi connectivity index (χ4v) is 3.91. The molecular weight excluding hydrogens is 254 g/mol. The number of carboxylic acid groups (broad SMARTS) is 1. The van der Waals surface area contributed by atoms with Gasteiger partial charge in [-0.25, -0.2) is 0 Å². The molecule has 3 aliphatic heterocycles. The van der Waals surface area contributed by atoms with E-state index in [1.807, 2.05) is 0 Å². The Kier molecular flexibility index (Phi) is 3.55. The van der Waals surface area contributed by atoms with Gasteiger partial charge in [-0.15, -0.1) is 0 Å². The van der Waals surface area contributed by atoms with Crippen molar-refractivity contribution < 1.29 is 9.90 Å². The topological polar surface area (TPSA) is 46.3 Å². The van der Waals surface area contributed by atoms with Crippen molar-refractivity contribution >= 4 is 5.97 Å². The number of hydrogen-bond donors (Lipinski definition) is 1. The standard InChI is InChI=1S/C15H27N3O2/c1-4-11-8-16(11)15(7-14(19)20,17-9-12(17)5-2)18-10-13(18)6-3/h11-13H,4-10H2,1-3H3,(H,19,20). The molecule has 3 aliphatic rings. The Morgan fingerprint density at radius 3 is 1.50 bits per heavy atom. The van der Waals surface area contributed by atoms with Crippen molar-refractivity contribution in [2.24, 2.45) is 0 Å². The molecule has 0 aromatic heterocycles. The first-order valence-electron chi connectivity index (χ1n) is 8.10. The van der Waals surface area contributed by atoms with Crippen molar-refractivity contribution in [1.82, 2.24) is 14.7 Å². The van der Waals surface area contributed by atoms with E-state index in [2.05, 4.69) is 35.5 Å². The Morgan fingerprint density at radius 2 is 1.30 bits per heavy atom. The van der Waals surface area contributed by atoms with Crippen molar-refractivity contribution in [2.45, 2.75) is 70.4 Å². The number of rotatable bonds is 8. The third-order valence-electron chi connectivity index (χ3n) is 5.33. The zero-order valence-electron chi connectivity index (χ0n) is 12.9. The van der Waals surface area contributed by atoms with Gasteiger partial charge in [0.15, 0.2) is 0 Å². The summed E-state index contributed by atoms with van der Waals surface area (Å²) in [5, 5.41) is 9.48. The van der Waals surface area contributed by atoms with Crippen LogP contribution in [-0.4, -0.2) is 69.3 Å². The maximum atomic E-state index is 11.5. The third-order valence-corrected chi connectivity index (χ3v) is 5.33. The number of carbonyl (C=O) groups is 1. The van der Waals surface area contributed by atoms with E-state index in [-0.39, 0.29) is 12.2 Å². The molecule has 0 radical (unpaired) electrons. The molecule has 3 rings (SSSR count). The predicted molar refractivity (Wildman–Crippen MR) is 77.3 cm³/mol. The summed E-state index contributed by atoms with van der Waals surface area (Å²) in [5.41, 5.74) is 0. The van der Waals surface area contributed by atoms with Crippen LogP contribution in [0.4, 0.5) is 0 Å². The van der Waals surface area contributed by atoms with Crippen LogP contribution in [0, 0.1) is 0 Å². The van der Waals surface area contributed by atoms with E-state index in [9.17, 15) is 9.90 Å². The van der Waals surface area contributed by atoms with Crippen LogP contribution >= 0.6 is 0 Å². The number of nitrogens with zero attached hydrogens (tertiary/aromatic N) is 3. The smallest absolute Gasteiger partial charge is 0.308 e. The van der Waals surface area contributed by atoms with Crippen LogP contribution in [0.15, 0.2) is 0 Å². The fraction of sp³-hybridized carbons (Fsp3) is 0.933. The lowest BCUT2D eigenvalue weighted by Crippen LogP contribution is -2.56. The Hall–Kier alpha value is -0.650. The quantitative estimate of drug-likeness (QED) is 0.681. The molecule has 3 fully saturated rings. The molecule has 5 nitrogen and oxygen atoms in total. The lowest BCUT2D eigenvalue weighted by molar-refractivity contribution is -0.146. The minimum absolute atomic E-state index is 0.233. The van der Waals surface area contributed by atoms with Crippen LogP contribution in [0.2, 0.25) is 0 Å². The van der Waals surface area contributed by atoms with Gasteiger partial charge in [0, 0.05) is 37.8 Å². The fourth-order valence-electron chi connectivity index (χ4n) is 3.91. The molecule has 0 amide bonds. The molecule has 20 heavy (non-hydrogen) atoms. The Bertz CT molecular complexity index is 355. The average molecular weight is 281 g/mol. The summed E-state index contributed by atoms with van der Waals surface area (Å²) >= 11 is 0. The first kappa shape index (κ1) is 14.3. The number of aliphatic carboxylic acids is 1. The average Bonchev–Trinajstić information content (AvgIpc) is 3.30. The molecule has 1 N–H and O–H groups in total. The molecule has 0 spiro atoms. The molecule has 0 aromatic rings. The van der Waals surface area contributed by atoms with Crippen LogP contribution in [0.25, 0.3) is 0 Å². The van der Waals surface area contributed by atoms with E-state index in [0.29, 0.717) is 18.1 Å². The van der Waals surface area contributed by atoms with E-state index >= 15 is 0 Å². The van der Waals surface area contributed by atoms with Crippen molar-refractivity contribution in [3.05, 3.63) is 0 Å². The van der Waals surface area contributed by atoms with Crippen molar-refractivity contribution in [2.75, 3.05) is 19.6 Å². The van der Waals surface area contributed by atoms with E-state index in [4.69, 9.17) is 0 Å². The maximum Gasteiger partial charge on any atom is 0.308 e. The SMILES string of the molecule is CCC1CN1C(CC(=O)O)(N1CC1CC)N1CC1CC. The molecular formula is C15H27N3O2. The van der Waals surface area contributed by atoms with Gasteiger partial charge in [0.25, 0.3) is 0 Å². The van der Waals surface area contributed by atoms with Crippen LogP contribution < -0.4 is 0 Å². The van der Waals surface area contributed by atoms with Gasteiger partial charge in [0.05, 0.1) is 6.42 Å². The van der Waals surface area contributed by atoms with Crippen molar-refractivity contribution in [3.63, 3.8) is 0 Å². The van der Waals surface area contributed by atoms with Crippen LogP contribution in [-0.2, 0) is 4.79 Å². The summed E-state index contributed by atoms with van der Waals surface area (Å²) in [4.78, 5) is 18.8. The van der Waals surface area contributed by atoms with Crippen molar-refractivity contribution in [3.8, 4) is 0 Å². The Labute approximate surface area is 121 Å². The normalized spacial score (nSPS) is 44.8. The van der Waals surface area contributed by atoms with E-state index in [1.165, 1.54) is 0 Å². The van der Waals surface area contributed by atoms with Crippen molar-refractivity contribution in [1.29, 1.82) is 0 Å². The predicted octanol–water partition coefficient (Wildman–Crippen LogP) is 1.40. The van der Waals surface area contributed by atoms with Gasteiger partial charge >= 0.3 is 5.97 Å². The lowest BCUT2D eigenvalue weighted by Gasteiger charge is -2.39. The van der Waals surface area contributed by atoms with E-state index in [1.54, 1.807) is 0 Å². The number of carboxylic acids is 1. The maximum absolute atomic E-state index is 11.5. The molecule has 114 valence electrons. The van der Waals surface area contributed by atoms with Gasteiger partial charge in [-0.3, -0.25) is 19.5 Å². The summed E-state index contributed by atoms with van der Waals surface area (Å²) in [6, 6.07) is 1.72. The molecule has 0 aliphatic carbocycles. The second kappa shape index (κ2) is 4.97. The van der Waals surface area contributed by atoms with Gasteiger partial charge in [-0.05, 0) is 19.3 Å². The minimum Gasteiger partial charge on any atom is -0.481 e. The molecule has 0 bridgehead atoms. The third kappa shape index (κ3) is 2.16. The molecule has 6 unspecified atom stereocenters. The van der Waals surface area contributed by atoms with Crippen LogP contribution in [0.5, 0.6) is 0 Å². The first-order chi connectivity index (χ1) is 9.58. The second-order valence-electron chi connectivity index (χ2n) is 6.49. The summed E-state index contributed by atoms with van der Waals surface area (Å²) in [5.74, 6) is -0.997.